The number of aromatic hydroxyl groups is 2. The lowest BCUT2D eigenvalue weighted by Gasteiger charge is -2.15. The van der Waals surface area contributed by atoms with E-state index in [4.69, 9.17) is 11.6 Å². The first-order valence-electron chi connectivity index (χ1n) is 6.54. The molecule has 1 aliphatic rings. The van der Waals surface area contributed by atoms with Crippen molar-refractivity contribution < 1.29 is 10.2 Å². The summed E-state index contributed by atoms with van der Waals surface area (Å²) in [7, 11) is 0. The standard InChI is InChI=1S/C16H16ClNO2/c1-9-6-13-14(7-10(9)2)16(20)18(15(13)19)12-5-3-4-11(17)8-12/h3-5,8,19-20H,6-7H2,1-2H3. The summed E-state index contributed by atoms with van der Waals surface area (Å²) in [4.78, 5) is 0. The van der Waals surface area contributed by atoms with Crippen LogP contribution in [-0.2, 0) is 12.8 Å². The summed E-state index contributed by atoms with van der Waals surface area (Å²) < 4.78 is 1.46. The van der Waals surface area contributed by atoms with Crippen molar-refractivity contribution >= 4 is 11.6 Å². The van der Waals surface area contributed by atoms with Crippen LogP contribution in [0.5, 0.6) is 11.8 Å². The Hall–Kier alpha value is -1.87. The summed E-state index contributed by atoms with van der Waals surface area (Å²) >= 11 is 5.99. The molecular weight excluding hydrogens is 274 g/mol. The van der Waals surface area contributed by atoms with Gasteiger partial charge in [-0.2, -0.15) is 0 Å². The van der Waals surface area contributed by atoms with E-state index in [1.165, 1.54) is 15.7 Å². The second kappa shape index (κ2) is 4.60. The predicted molar refractivity (Wildman–Crippen MR) is 79.9 cm³/mol. The van der Waals surface area contributed by atoms with E-state index < -0.39 is 0 Å². The maximum atomic E-state index is 10.4. The van der Waals surface area contributed by atoms with Crippen LogP contribution >= 0.6 is 11.6 Å². The molecule has 2 aromatic rings. The Morgan fingerprint density at radius 2 is 1.55 bits per heavy atom. The molecule has 20 heavy (non-hydrogen) atoms. The minimum atomic E-state index is 0.103. The van der Waals surface area contributed by atoms with Crippen molar-refractivity contribution in [1.82, 2.24) is 4.57 Å². The summed E-state index contributed by atoms with van der Waals surface area (Å²) in [6, 6.07) is 7.09. The number of benzene rings is 1. The van der Waals surface area contributed by atoms with Gasteiger partial charge in [0, 0.05) is 16.1 Å². The highest BCUT2D eigenvalue weighted by Crippen LogP contribution is 2.42. The van der Waals surface area contributed by atoms with Crippen molar-refractivity contribution in [2.24, 2.45) is 0 Å². The summed E-state index contributed by atoms with van der Waals surface area (Å²) in [5.74, 6) is 0.207. The molecule has 0 aliphatic heterocycles. The molecule has 1 heterocycles. The van der Waals surface area contributed by atoms with Gasteiger partial charge in [0.05, 0.1) is 5.69 Å². The lowest BCUT2D eigenvalue weighted by Crippen LogP contribution is -2.03. The lowest BCUT2D eigenvalue weighted by atomic mass is 9.90. The molecule has 0 bridgehead atoms. The third-order valence-electron chi connectivity index (χ3n) is 4.01. The zero-order chi connectivity index (χ0) is 14.4. The third-order valence-corrected chi connectivity index (χ3v) is 4.24. The van der Waals surface area contributed by atoms with E-state index in [0.29, 0.717) is 23.6 Å². The van der Waals surface area contributed by atoms with Crippen LogP contribution in [0.1, 0.15) is 25.0 Å². The maximum absolute atomic E-state index is 10.4. The molecule has 1 aromatic heterocycles. The van der Waals surface area contributed by atoms with Gasteiger partial charge in [0.25, 0.3) is 0 Å². The fourth-order valence-corrected chi connectivity index (χ4v) is 2.89. The summed E-state index contributed by atoms with van der Waals surface area (Å²) in [6.07, 6.45) is 1.35. The Labute approximate surface area is 122 Å². The van der Waals surface area contributed by atoms with Crippen LogP contribution < -0.4 is 0 Å². The molecule has 0 radical (unpaired) electrons. The molecule has 0 fully saturated rings. The van der Waals surface area contributed by atoms with Gasteiger partial charge in [0.2, 0.25) is 11.8 Å². The predicted octanol–water partition coefficient (Wildman–Crippen LogP) is 3.98. The fraction of sp³-hybridized carbons (Fsp3) is 0.250. The minimum absolute atomic E-state index is 0.103. The molecular formula is C16H16ClNO2. The molecule has 4 heteroatoms. The molecule has 104 valence electrons. The van der Waals surface area contributed by atoms with Gasteiger partial charge in [0.15, 0.2) is 0 Å². The molecule has 1 aliphatic carbocycles. The van der Waals surface area contributed by atoms with E-state index in [1.807, 2.05) is 6.07 Å². The second-order valence-electron chi connectivity index (χ2n) is 5.33. The monoisotopic (exact) mass is 289 g/mol. The van der Waals surface area contributed by atoms with E-state index in [0.717, 1.165) is 11.1 Å². The normalized spacial score (nSPS) is 14.6. The van der Waals surface area contributed by atoms with Crippen molar-refractivity contribution in [3.05, 3.63) is 51.6 Å². The molecule has 1 aromatic carbocycles. The molecule has 0 atom stereocenters. The van der Waals surface area contributed by atoms with Crippen molar-refractivity contribution in [1.29, 1.82) is 0 Å². The van der Waals surface area contributed by atoms with E-state index >= 15 is 0 Å². The van der Waals surface area contributed by atoms with Crippen LogP contribution in [-0.4, -0.2) is 14.8 Å². The second-order valence-corrected chi connectivity index (χ2v) is 5.77. The van der Waals surface area contributed by atoms with Crippen LogP contribution in [0.25, 0.3) is 5.69 Å². The van der Waals surface area contributed by atoms with Crippen molar-refractivity contribution in [2.75, 3.05) is 0 Å². The number of aromatic nitrogens is 1. The Morgan fingerprint density at radius 3 is 2.05 bits per heavy atom. The van der Waals surface area contributed by atoms with Gasteiger partial charge in [0.1, 0.15) is 0 Å². The van der Waals surface area contributed by atoms with E-state index in [2.05, 4.69) is 13.8 Å². The number of rotatable bonds is 1. The Morgan fingerprint density at radius 1 is 1.00 bits per heavy atom. The molecule has 0 spiro atoms. The molecule has 2 N–H and O–H groups in total. The van der Waals surface area contributed by atoms with Crippen LogP contribution in [0.2, 0.25) is 5.02 Å². The highest BCUT2D eigenvalue weighted by molar-refractivity contribution is 6.30. The van der Waals surface area contributed by atoms with Crippen molar-refractivity contribution in [3.8, 4) is 17.4 Å². The summed E-state index contributed by atoms with van der Waals surface area (Å²) in [6.45, 7) is 4.12. The van der Waals surface area contributed by atoms with Crippen LogP contribution in [0.3, 0.4) is 0 Å². The number of hydrogen-bond acceptors (Lipinski definition) is 2. The van der Waals surface area contributed by atoms with Crippen molar-refractivity contribution in [3.63, 3.8) is 0 Å². The number of halogens is 1. The van der Waals surface area contributed by atoms with Gasteiger partial charge in [-0.25, -0.2) is 0 Å². The quantitative estimate of drug-likeness (QED) is 0.780. The van der Waals surface area contributed by atoms with Crippen molar-refractivity contribution in [2.45, 2.75) is 26.7 Å². The van der Waals surface area contributed by atoms with Gasteiger partial charge in [-0.05, 0) is 44.9 Å². The summed E-state index contributed by atoms with van der Waals surface area (Å²) in [5.41, 5.74) is 4.78. The first-order chi connectivity index (χ1) is 9.49. The Bertz CT molecular complexity index is 691. The third kappa shape index (κ3) is 1.90. The van der Waals surface area contributed by atoms with E-state index in [1.54, 1.807) is 18.2 Å². The van der Waals surface area contributed by atoms with E-state index in [-0.39, 0.29) is 11.8 Å². The minimum Gasteiger partial charge on any atom is -0.494 e. The molecule has 0 saturated carbocycles. The average molecular weight is 290 g/mol. The van der Waals surface area contributed by atoms with Gasteiger partial charge < -0.3 is 10.2 Å². The molecule has 3 nitrogen and oxygen atoms in total. The Balaban J connectivity index is 2.19. The van der Waals surface area contributed by atoms with Crippen LogP contribution in [0.4, 0.5) is 0 Å². The molecule has 0 saturated heterocycles. The number of fused-ring (bicyclic) bond motifs is 1. The van der Waals surface area contributed by atoms with Gasteiger partial charge >= 0.3 is 0 Å². The van der Waals surface area contributed by atoms with Gasteiger partial charge in [-0.3, -0.25) is 4.57 Å². The lowest BCUT2D eigenvalue weighted by molar-refractivity contribution is 0.399. The van der Waals surface area contributed by atoms with E-state index in [9.17, 15) is 10.2 Å². The zero-order valence-electron chi connectivity index (χ0n) is 11.4. The number of nitrogens with zero attached hydrogens (tertiary/aromatic N) is 1. The first-order valence-corrected chi connectivity index (χ1v) is 6.92. The van der Waals surface area contributed by atoms with Crippen LogP contribution in [0, 0.1) is 0 Å². The largest absolute Gasteiger partial charge is 0.494 e. The zero-order valence-corrected chi connectivity index (χ0v) is 12.2. The van der Waals surface area contributed by atoms with Crippen LogP contribution in [0.15, 0.2) is 35.4 Å². The number of allylic oxidation sites excluding steroid dienone is 2. The highest BCUT2D eigenvalue weighted by atomic mass is 35.5. The highest BCUT2D eigenvalue weighted by Gasteiger charge is 2.26. The van der Waals surface area contributed by atoms with Gasteiger partial charge in [-0.15, -0.1) is 0 Å². The average Bonchev–Trinajstić information content (AvgIpc) is 2.63. The van der Waals surface area contributed by atoms with Gasteiger partial charge in [-0.1, -0.05) is 28.8 Å². The number of hydrogen-bond donors (Lipinski definition) is 2. The molecule has 0 unspecified atom stereocenters. The maximum Gasteiger partial charge on any atom is 0.202 e. The fourth-order valence-electron chi connectivity index (χ4n) is 2.70. The Kier molecular flexibility index (Phi) is 3.02. The molecule has 0 amide bonds. The summed E-state index contributed by atoms with van der Waals surface area (Å²) in [5, 5.41) is 21.5. The smallest absolute Gasteiger partial charge is 0.202 e. The SMILES string of the molecule is CC1=C(C)Cc2c(c(O)n(-c3cccc(Cl)c3)c2O)C1. The topological polar surface area (TPSA) is 45.4 Å². The molecule has 3 rings (SSSR count). The first kappa shape index (κ1) is 13.1.